The zero-order valence-electron chi connectivity index (χ0n) is 15.2. The van der Waals surface area contributed by atoms with Crippen LogP contribution in [0.3, 0.4) is 0 Å². The standard InChI is InChI=1S/C18H20ClFN4O3/c1-10-8-24(9-11(2)27-10)18(26)14-7-21-23(3)16(14)22-17(25)13-5-4-12(20)6-15(13)19/h4-7,10-11H,8-9H2,1-3H3,(H,22,25). The summed E-state index contributed by atoms with van der Waals surface area (Å²) >= 11 is 5.95. The van der Waals surface area contributed by atoms with E-state index in [-0.39, 0.29) is 40.1 Å². The maximum atomic E-state index is 13.2. The molecule has 2 aromatic rings. The van der Waals surface area contributed by atoms with E-state index in [9.17, 15) is 14.0 Å². The summed E-state index contributed by atoms with van der Waals surface area (Å²) in [5.41, 5.74) is 0.372. The number of morpholine rings is 1. The van der Waals surface area contributed by atoms with Crippen molar-refractivity contribution in [2.45, 2.75) is 26.1 Å². The van der Waals surface area contributed by atoms with Gasteiger partial charge in [-0.1, -0.05) is 11.6 Å². The van der Waals surface area contributed by atoms with E-state index >= 15 is 0 Å². The van der Waals surface area contributed by atoms with Crippen molar-refractivity contribution in [2.24, 2.45) is 7.05 Å². The highest BCUT2D eigenvalue weighted by Gasteiger charge is 2.29. The van der Waals surface area contributed by atoms with Crippen molar-refractivity contribution >= 4 is 29.2 Å². The Morgan fingerprint density at radius 1 is 1.26 bits per heavy atom. The van der Waals surface area contributed by atoms with Crippen LogP contribution in [0.15, 0.2) is 24.4 Å². The van der Waals surface area contributed by atoms with E-state index in [0.29, 0.717) is 13.1 Å². The van der Waals surface area contributed by atoms with Gasteiger partial charge >= 0.3 is 0 Å². The summed E-state index contributed by atoms with van der Waals surface area (Å²) in [5.74, 6) is -1.09. The monoisotopic (exact) mass is 394 g/mol. The molecule has 0 bridgehead atoms. The number of hydrogen-bond acceptors (Lipinski definition) is 4. The predicted octanol–water partition coefficient (Wildman–Crippen LogP) is 2.71. The molecule has 0 spiro atoms. The fraction of sp³-hybridized carbons (Fsp3) is 0.389. The van der Waals surface area contributed by atoms with E-state index in [1.54, 1.807) is 11.9 Å². The average Bonchev–Trinajstić information content (AvgIpc) is 2.94. The minimum absolute atomic E-state index is 0.0154. The summed E-state index contributed by atoms with van der Waals surface area (Å²) in [5, 5.41) is 6.72. The normalized spacial score (nSPS) is 19.8. The number of halogens is 2. The van der Waals surface area contributed by atoms with Crippen LogP contribution in [0.2, 0.25) is 5.02 Å². The van der Waals surface area contributed by atoms with Crippen LogP contribution in [-0.4, -0.2) is 51.8 Å². The lowest BCUT2D eigenvalue weighted by molar-refractivity contribution is -0.0585. The largest absolute Gasteiger partial charge is 0.372 e. The number of anilines is 1. The highest BCUT2D eigenvalue weighted by molar-refractivity contribution is 6.34. The number of aryl methyl sites for hydroxylation is 1. The molecule has 2 atom stereocenters. The van der Waals surface area contributed by atoms with Gasteiger partial charge in [0.05, 0.1) is 29.0 Å². The number of carbonyl (C=O) groups is 2. The second-order valence-corrected chi connectivity index (χ2v) is 6.98. The van der Waals surface area contributed by atoms with Crippen molar-refractivity contribution in [3.05, 3.63) is 46.4 Å². The van der Waals surface area contributed by atoms with Gasteiger partial charge in [-0.15, -0.1) is 0 Å². The maximum Gasteiger partial charge on any atom is 0.259 e. The number of carbonyl (C=O) groups excluding carboxylic acids is 2. The molecule has 3 rings (SSSR count). The van der Waals surface area contributed by atoms with Crippen molar-refractivity contribution in [3.63, 3.8) is 0 Å². The van der Waals surface area contributed by atoms with Gasteiger partial charge in [-0.25, -0.2) is 4.39 Å². The van der Waals surface area contributed by atoms with E-state index < -0.39 is 11.7 Å². The van der Waals surface area contributed by atoms with Crippen LogP contribution < -0.4 is 5.32 Å². The van der Waals surface area contributed by atoms with Crippen LogP contribution in [0.1, 0.15) is 34.6 Å². The van der Waals surface area contributed by atoms with Gasteiger partial charge < -0.3 is 15.0 Å². The molecule has 0 aliphatic carbocycles. The Hall–Kier alpha value is -2.45. The quantitative estimate of drug-likeness (QED) is 0.868. The maximum absolute atomic E-state index is 13.2. The van der Waals surface area contributed by atoms with Crippen LogP contribution >= 0.6 is 11.6 Å². The SMILES string of the molecule is CC1CN(C(=O)c2cnn(C)c2NC(=O)c2ccc(F)cc2Cl)CC(C)O1. The first-order chi connectivity index (χ1) is 12.8. The molecule has 1 saturated heterocycles. The molecule has 1 aromatic heterocycles. The van der Waals surface area contributed by atoms with Gasteiger partial charge in [0.15, 0.2) is 0 Å². The first-order valence-electron chi connectivity index (χ1n) is 8.49. The summed E-state index contributed by atoms with van der Waals surface area (Å²) in [6.45, 7) is 4.71. The number of nitrogens with one attached hydrogen (secondary N) is 1. The van der Waals surface area contributed by atoms with Crippen molar-refractivity contribution in [1.29, 1.82) is 0 Å². The van der Waals surface area contributed by atoms with E-state index in [1.165, 1.54) is 16.9 Å². The molecule has 27 heavy (non-hydrogen) atoms. The van der Waals surface area contributed by atoms with E-state index in [0.717, 1.165) is 12.1 Å². The molecule has 9 heteroatoms. The highest BCUT2D eigenvalue weighted by Crippen LogP contribution is 2.23. The zero-order chi connectivity index (χ0) is 19.7. The number of hydrogen-bond donors (Lipinski definition) is 1. The topological polar surface area (TPSA) is 76.5 Å². The van der Waals surface area contributed by atoms with Crippen LogP contribution in [0.4, 0.5) is 10.2 Å². The first kappa shape index (κ1) is 19.3. The molecule has 0 saturated carbocycles. The molecule has 1 N–H and O–H groups in total. The highest BCUT2D eigenvalue weighted by atomic mass is 35.5. The number of aromatic nitrogens is 2. The molecule has 2 unspecified atom stereocenters. The Bertz CT molecular complexity index is 875. The first-order valence-corrected chi connectivity index (χ1v) is 8.87. The molecular weight excluding hydrogens is 375 g/mol. The lowest BCUT2D eigenvalue weighted by atomic mass is 10.1. The fourth-order valence-electron chi connectivity index (χ4n) is 3.10. The molecule has 0 radical (unpaired) electrons. The molecule has 7 nitrogen and oxygen atoms in total. The number of ether oxygens (including phenoxy) is 1. The van der Waals surface area contributed by atoms with E-state index in [2.05, 4.69) is 10.4 Å². The van der Waals surface area contributed by atoms with Crippen LogP contribution in [0, 0.1) is 5.82 Å². The lowest BCUT2D eigenvalue weighted by Gasteiger charge is -2.35. The number of nitrogens with zero attached hydrogens (tertiary/aromatic N) is 3. The third-order valence-electron chi connectivity index (χ3n) is 4.28. The average molecular weight is 395 g/mol. The van der Waals surface area contributed by atoms with E-state index in [4.69, 9.17) is 16.3 Å². The van der Waals surface area contributed by atoms with Gasteiger partial charge in [0.1, 0.15) is 17.2 Å². The van der Waals surface area contributed by atoms with Crippen LogP contribution in [0.25, 0.3) is 0 Å². The fourth-order valence-corrected chi connectivity index (χ4v) is 3.36. The second-order valence-electron chi connectivity index (χ2n) is 6.58. The van der Waals surface area contributed by atoms with Crippen LogP contribution in [-0.2, 0) is 11.8 Å². The lowest BCUT2D eigenvalue weighted by Crippen LogP contribution is -2.48. The Balaban J connectivity index is 1.84. The third kappa shape index (κ3) is 4.12. The van der Waals surface area contributed by atoms with Gasteiger partial charge in [-0.2, -0.15) is 5.10 Å². The van der Waals surface area contributed by atoms with Gasteiger partial charge in [0.25, 0.3) is 11.8 Å². The van der Waals surface area contributed by atoms with Crippen molar-refractivity contribution in [1.82, 2.24) is 14.7 Å². The Kier molecular flexibility index (Phi) is 5.48. The number of amides is 2. The molecule has 2 amide bonds. The van der Waals surface area contributed by atoms with Gasteiger partial charge in [-0.05, 0) is 32.0 Å². The molecule has 1 fully saturated rings. The Morgan fingerprint density at radius 3 is 2.56 bits per heavy atom. The Morgan fingerprint density at radius 2 is 1.93 bits per heavy atom. The summed E-state index contributed by atoms with van der Waals surface area (Å²) in [6.07, 6.45) is 1.26. The summed E-state index contributed by atoms with van der Waals surface area (Å²) in [4.78, 5) is 27.2. The third-order valence-corrected chi connectivity index (χ3v) is 4.60. The van der Waals surface area contributed by atoms with Crippen molar-refractivity contribution in [2.75, 3.05) is 18.4 Å². The summed E-state index contributed by atoms with van der Waals surface area (Å²) in [6, 6.07) is 3.49. The van der Waals surface area contributed by atoms with Gasteiger partial charge in [0.2, 0.25) is 0 Å². The molecule has 1 aliphatic heterocycles. The van der Waals surface area contributed by atoms with Crippen molar-refractivity contribution < 1.29 is 18.7 Å². The molecule has 1 aliphatic rings. The van der Waals surface area contributed by atoms with E-state index in [1.807, 2.05) is 13.8 Å². The zero-order valence-corrected chi connectivity index (χ0v) is 16.0. The van der Waals surface area contributed by atoms with Crippen molar-refractivity contribution in [3.8, 4) is 0 Å². The van der Waals surface area contributed by atoms with Gasteiger partial charge in [-0.3, -0.25) is 14.3 Å². The minimum atomic E-state index is -0.554. The molecule has 2 heterocycles. The molecule has 144 valence electrons. The predicted molar refractivity (Wildman–Crippen MR) is 98.5 cm³/mol. The van der Waals surface area contributed by atoms with Gasteiger partial charge in [0, 0.05) is 20.1 Å². The minimum Gasteiger partial charge on any atom is -0.372 e. The molecule has 1 aromatic carbocycles. The Labute approximate surface area is 161 Å². The molecular formula is C18H20ClFN4O3. The number of benzene rings is 1. The second kappa shape index (κ2) is 7.66. The summed E-state index contributed by atoms with van der Waals surface area (Å²) in [7, 11) is 1.61. The summed E-state index contributed by atoms with van der Waals surface area (Å²) < 4.78 is 20.3. The smallest absolute Gasteiger partial charge is 0.259 e. The number of rotatable bonds is 3. The van der Waals surface area contributed by atoms with Crippen LogP contribution in [0.5, 0.6) is 0 Å².